The van der Waals surface area contributed by atoms with Crippen molar-refractivity contribution < 1.29 is 17.9 Å². The summed E-state index contributed by atoms with van der Waals surface area (Å²) in [7, 11) is 0. The van der Waals surface area contributed by atoms with Gasteiger partial charge in [0.2, 0.25) is 5.82 Å². The Kier molecular flexibility index (Phi) is 3.29. The van der Waals surface area contributed by atoms with Crippen molar-refractivity contribution in [2.75, 3.05) is 17.7 Å². The van der Waals surface area contributed by atoms with Crippen LogP contribution in [-0.4, -0.2) is 28.2 Å². The average Bonchev–Trinajstić information content (AvgIpc) is 2.56. The highest BCUT2D eigenvalue weighted by Gasteiger charge is 2.39. The van der Waals surface area contributed by atoms with Gasteiger partial charge in [0.1, 0.15) is 11.6 Å². The van der Waals surface area contributed by atoms with Crippen LogP contribution < -0.4 is 11.1 Å². The lowest BCUT2D eigenvalue weighted by Gasteiger charge is -2.29. The lowest BCUT2D eigenvalue weighted by Crippen LogP contribution is -2.41. The highest BCUT2D eigenvalue weighted by molar-refractivity contribution is 5.47. The molecule has 0 bridgehead atoms. The van der Waals surface area contributed by atoms with Gasteiger partial charge in [0.15, 0.2) is 0 Å². The van der Waals surface area contributed by atoms with Crippen LogP contribution in [0.4, 0.5) is 24.8 Å². The second kappa shape index (κ2) is 4.52. The van der Waals surface area contributed by atoms with Crippen molar-refractivity contribution in [3.05, 3.63) is 11.9 Å². The smallest absolute Gasteiger partial charge is 0.384 e. The Labute approximate surface area is 108 Å². The van der Waals surface area contributed by atoms with Gasteiger partial charge < -0.3 is 15.8 Å². The summed E-state index contributed by atoms with van der Waals surface area (Å²) in [6.07, 6.45) is -4.07. The summed E-state index contributed by atoms with van der Waals surface area (Å²) >= 11 is 0. The van der Waals surface area contributed by atoms with Gasteiger partial charge in [-0.2, -0.15) is 13.2 Å². The molecule has 2 atom stereocenters. The molecule has 2 rings (SSSR count). The molecule has 1 saturated heterocycles. The van der Waals surface area contributed by atoms with Crippen molar-refractivity contribution >= 4 is 11.6 Å². The summed E-state index contributed by atoms with van der Waals surface area (Å²) in [5, 5.41) is 2.96. The maximum absolute atomic E-state index is 12.6. The molecule has 1 aromatic heterocycles. The van der Waals surface area contributed by atoms with Crippen molar-refractivity contribution in [2.45, 2.75) is 38.1 Å². The van der Waals surface area contributed by atoms with E-state index in [1.807, 2.05) is 13.8 Å². The SMILES string of the molecule is CC1OCCC1(C)Nc1cc(N)nc(C(F)(F)F)n1. The molecule has 1 aromatic rings. The number of alkyl halides is 3. The van der Waals surface area contributed by atoms with Crippen LogP contribution >= 0.6 is 0 Å². The summed E-state index contributed by atoms with van der Waals surface area (Å²) in [6.45, 7) is 4.28. The zero-order valence-electron chi connectivity index (χ0n) is 10.6. The van der Waals surface area contributed by atoms with Crippen LogP contribution in [0.25, 0.3) is 0 Å². The number of nitrogens with one attached hydrogen (secondary N) is 1. The first-order valence-electron chi connectivity index (χ1n) is 5.82. The zero-order valence-corrected chi connectivity index (χ0v) is 10.6. The average molecular weight is 276 g/mol. The number of nitrogen functional groups attached to an aromatic ring is 1. The zero-order chi connectivity index (χ0) is 14.3. The molecule has 1 aliphatic heterocycles. The topological polar surface area (TPSA) is 73.1 Å². The number of nitrogens with zero attached hydrogens (tertiary/aromatic N) is 2. The van der Waals surface area contributed by atoms with Crippen LogP contribution in [0.1, 0.15) is 26.1 Å². The Morgan fingerprint density at radius 2 is 2.16 bits per heavy atom. The largest absolute Gasteiger partial charge is 0.451 e. The van der Waals surface area contributed by atoms with Crippen LogP contribution in [0.2, 0.25) is 0 Å². The second-order valence-corrected chi connectivity index (χ2v) is 4.80. The van der Waals surface area contributed by atoms with Crippen LogP contribution in [0.15, 0.2) is 6.07 Å². The quantitative estimate of drug-likeness (QED) is 0.865. The molecular formula is C11H15F3N4O. The number of hydrogen-bond donors (Lipinski definition) is 2. The third-order valence-electron chi connectivity index (χ3n) is 3.30. The van der Waals surface area contributed by atoms with E-state index in [0.717, 1.165) is 0 Å². The van der Waals surface area contributed by atoms with Crippen molar-refractivity contribution in [3.8, 4) is 0 Å². The van der Waals surface area contributed by atoms with E-state index in [-0.39, 0.29) is 17.7 Å². The van der Waals surface area contributed by atoms with Gasteiger partial charge >= 0.3 is 6.18 Å². The standard InChI is InChI=1S/C11H15F3N4O/c1-6-10(2,3-4-19-6)18-8-5-7(15)16-9(17-8)11(12,13)14/h5-6H,3-4H2,1-2H3,(H3,15,16,17,18). The van der Waals surface area contributed by atoms with Crippen LogP contribution in [0.5, 0.6) is 0 Å². The fraction of sp³-hybridized carbons (Fsp3) is 0.636. The Hall–Kier alpha value is -1.57. The Morgan fingerprint density at radius 1 is 1.47 bits per heavy atom. The fourth-order valence-electron chi connectivity index (χ4n) is 1.95. The Bertz CT molecular complexity index is 479. The minimum Gasteiger partial charge on any atom is -0.384 e. The predicted octanol–water partition coefficient (Wildman–Crippen LogP) is 2.06. The molecule has 106 valence electrons. The molecule has 2 heterocycles. The summed E-state index contributed by atoms with van der Waals surface area (Å²) in [5.41, 5.74) is 4.92. The van der Waals surface area contributed by atoms with Crippen LogP contribution in [0.3, 0.4) is 0 Å². The molecular weight excluding hydrogens is 261 g/mol. The van der Waals surface area contributed by atoms with E-state index in [1.165, 1.54) is 6.07 Å². The molecule has 3 N–H and O–H groups in total. The van der Waals surface area contributed by atoms with Crippen LogP contribution in [-0.2, 0) is 10.9 Å². The van der Waals surface area contributed by atoms with E-state index in [0.29, 0.717) is 13.0 Å². The molecule has 1 aliphatic rings. The number of halogens is 3. The lowest BCUT2D eigenvalue weighted by atomic mass is 9.95. The summed E-state index contributed by atoms with van der Waals surface area (Å²) < 4.78 is 43.2. The van der Waals surface area contributed by atoms with Gasteiger partial charge in [0.05, 0.1) is 11.6 Å². The van der Waals surface area contributed by atoms with Gasteiger partial charge in [-0.25, -0.2) is 9.97 Å². The van der Waals surface area contributed by atoms with Crippen LogP contribution in [0, 0.1) is 0 Å². The fourth-order valence-corrected chi connectivity index (χ4v) is 1.95. The number of hydrogen-bond acceptors (Lipinski definition) is 5. The number of rotatable bonds is 2. The Morgan fingerprint density at radius 3 is 2.68 bits per heavy atom. The van der Waals surface area contributed by atoms with Gasteiger partial charge in [0, 0.05) is 12.7 Å². The summed E-state index contributed by atoms with van der Waals surface area (Å²) in [5.74, 6) is -1.41. The molecule has 19 heavy (non-hydrogen) atoms. The first-order valence-corrected chi connectivity index (χ1v) is 5.82. The van der Waals surface area contributed by atoms with Gasteiger partial charge in [0.25, 0.3) is 0 Å². The summed E-state index contributed by atoms with van der Waals surface area (Å²) in [4.78, 5) is 6.66. The lowest BCUT2D eigenvalue weighted by molar-refractivity contribution is -0.144. The maximum atomic E-state index is 12.6. The molecule has 2 unspecified atom stereocenters. The molecule has 0 spiro atoms. The van der Waals surface area contributed by atoms with E-state index in [2.05, 4.69) is 15.3 Å². The van der Waals surface area contributed by atoms with Gasteiger partial charge in [-0.15, -0.1) is 0 Å². The maximum Gasteiger partial charge on any atom is 0.451 e. The normalized spacial score (nSPS) is 27.5. The molecule has 0 radical (unpaired) electrons. The third-order valence-corrected chi connectivity index (χ3v) is 3.30. The first-order chi connectivity index (χ1) is 8.71. The van der Waals surface area contributed by atoms with Gasteiger partial charge in [-0.3, -0.25) is 0 Å². The van der Waals surface area contributed by atoms with E-state index in [1.54, 1.807) is 0 Å². The Balaban J connectivity index is 2.28. The predicted molar refractivity (Wildman–Crippen MR) is 63.5 cm³/mol. The van der Waals surface area contributed by atoms with E-state index < -0.39 is 17.5 Å². The van der Waals surface area contributed by atoms with Gasteiger partial charge in [-0.05, 0) is 20.3 Å². The molecule has 0 saturated carbocycles. The highest BCUT2D eigenvalue weighted by atomic mass is 19.4. The molecule has 8 heteroatoms. The van der Waals surface area contributed by atoms with Gasteiger partial charge in [-0.1, -0.05) is 0 Å². The number of nitrogens with two attached hydrogens (primary N) is 1. The molecule has 0 amide bonds. The molecule has 0 aliphatic carbocycles. The highest BCUT2D eigenvalue weighted by Crippen LogP contribution is 2.31. The molecule has 1 fully saturated rings. The van der Waals surface area contributed by atoms with E-state index in [4.69, 9.17) is 10.5 Å². The van der Waals surface area contributed by atoms with Crippen molar-refractivity contribution in [1.82, 2.24) is 9.97 Å². The third kappa shape index (κ3) is 2.89. The minimum absolute atomic E-state index is 0.0553. The minimum atomic E-state index is -4.62. The number of aromatic nitrogens is 2. The first kappa shape index (κ1) is 13.9. The van der Waals surface area contributed by atoms with E-state index >= 15 is 0 Å². The summed E-state index contributed by atoms with van der Waals surface area (Å²) in [6, 6.07) is 1.28. The van der Waals surface area contributed by atoms with Crippen molar-refractivity contribution in [3.63, 3.8) is 0 Å². The van der Waals surface area contributed by atoms with E-state index in [9.17, 15) is 13.2 Å². The number of ether oxygens (including phenoxy) is 1. The molecule has 5 nitrogen and oxygen atoms in total. The number of anilines is 2. The monoisotopic (exact) mass is 276 g/mol. The van der Waals surface area contributed by atoms with Crippen molar-refractivity contribution in [2.24, 2.45) is 0 Å². The van der Waals surface area contributed by atoms with Crippen molar-refractivity contribution in [1.29, 1.82) is 0 Å². The molecule has 0 aromatic carbocycles. The second-order valence-electron chi connectivity index (χ2n) is 4.80.